The number of fused-ring (bicyclic) bond motifs is 1. The lowest BCUT2D eigenvalue weighted by Crippen LogP contribution is -2.54. The van der Waals surface area contributed by atoms with Crippen LogP contribution in [0.2, 0.25) is 5.02 Å². The Bertz CT molecular complexity index is 841. The third-order valence-corrected chi connectivity index (χ3v) is 6.01. The first kappa shape index (κ1) is 19.5. The topological polar surface area (TPSA) is 45.9 Å². The molecule has 4 rings (SSSR count). The number of ether oxygens (including phenoxy) is 1. The Kier molecular flexibility index (Phi) is 5.28. The molecule has 0 bridgehead atoms. The number of benzene rings is 1. The third-order valence-electron chi connectivity index (χ3n) is 5.60. The summed E-state index contributed by atoms with van der Waals surface area (Å²) in [5, 5.41) is 1.59. The SMILES string of the molecule is Cc1cc2oc(C(=O)N3CCOC34CCN(C)CC4)c(C)c2cc1Cl.Cl. The first-order chi connectivity index (χ1) is 11.9. The monoisotopic (exact) mass is 398 g/mol. The van der Waals surface area contributed by atoms with Crippen molar-refractivity contribution in [3.63, 3.8) is 0 Å². The molecule has 0 atom stereocenters. The lowest BCUT2D eigenvalue weighted by Gasteiger charge is -2.42. The van der Waals surface area contributed by atoms with Crippen LogP contribution in [0.5, 0.6) is 0 Å². The second kappa shape index (κ2) is 7.04. The van der Waals surface area contributed by atoms with Crippen molar-refractivity contribution in [1.29, 1.82) is 0 Å². The number of piperidine rings is 1. The summed E-state index contributed by atoms with van der Waals surface area (Å²) in [6, 6.07) is 3.78. The molecule has 1 amide bonds. The van der Waals surface area contributed by atoms with Crippen LogP contribution in [0.15, 0.2) is 16.5 Å². The van der Waals surface area contributed by atoms with Gasteiger partial charge in [-0.25, -0.2) is 0 Å². The van der Waals surface area contributed by atoms with E-state index in [9.17, 15) is 4.79 Å². The zero-order valence-corrected chi connectivity index (χ0v) is 16.9. The first-order valence-corrected chi connectivity index (χ1v) is 9.13. The van der Waals surface area contributed by atoms with E-state index in [0.29, 0.717) is 29.5 Å². The average Bonchev–Trinajstić information content (AvgIpc) is 3.13. The molecule has 2 fully saturated rings. The third kappa shape index (κ3) is 3.01. The summed E-state index contributed by atoms with van der Waals surface area (Å²) >= 11 is 6.24. The van der Waals surface area contributed by atoms with Crippen molar-refractivity contribution in [3.05, 3.63) is 34.0 Å². The van der Waals surface area contributed by atoms with Gasteiger partial charge in [0, 0.05) is 48.4 Å². The molecule has 1 aromatic heterocycles. The molecule has 7 heteroatoms. The van der Waals surface area contributed by atoms with Crippen molar-refractivity contribution in [3.8, 4) is 0 Å². The molecule has 0 N–H and O–H groups in total. The minimum atomic E-state index is -0.484. The summed E-state index contributed by atoms with van der Waals surface area (Å²) in [5.41, 5.74) is 2.01. The van der Waals surface area contributed by atoms with Gasteiger partial charge in [0.1, 0.15) is 11.3 Å². The van der Waals surface area contributed by atoms with Gasteiger partial charge in [-0.2, -0.15) is 0 Å². The number of carbonyl (C=O) groups excluding carboxylic acids is 1. The molecular formula is C19H24Cl2N2O3. The van der Waals surface area contributed by atoms with Crippen LogP contribution in [0.25, 0.3) is 11.0 Å². The molecule has 2 saturated heterocycles. The number of likely N-dealkylation sites (tertiary alicyclic amines) is 1. The summed E-state index contributed by atoms with van der Waals surface area (Å²) < 4.78 is 12.0. The molecule has 142 valence electrons. The Balaban J connectivity index is 0.00000196. The van der Waals surface area contributed by atoms with Crippen molar-refractivity contribution in [2.24, 2.45) is 0 Å². The standard InChI is InChI=1S/C19H23ClN2O3.ClH/c1-12-10-16-14(11-15(12)20)13(2)17(25-16)18(23)22-8-9-24-19(22)4-6-21(3)7-5-19;/h10-11H,4-9H2,1-3H3;1H. The van der Waals surface area contributed by atoms with Crippen molar-refractivity contribution in [1.82, 2.24) is 9.80 Å². The van der Waals surface area contributed by atoms with Gasteiger partial charge in [-0.15, -0.1) is 12.4 Å². The molecule has 3 heterocycles. The molecule has 1 aromatic carbocycles. The molecule has 0 unspecified atom stereocenters. The quantitative estimate of drug-likeness (QED) is 0.727. The number of nitrogens with zero attached hydrogens (tertiary/aromatic N) is 2. The number of amides is 1. The molecule has 0 radical (unpaired) electrons. The number of hydrogen-bond donors (Lipinski definition) is 0. The zero-order chi connectivity index (χ0) is 17.8. The largest absolute Gasteiger partial charge is 0.451 e. The Hall–Kier alpha value is -1.27. The van der Waals surface area contributed by atoms with Gasteiger partial charge in [0.15, 0.2) is 5.76 Å². The van der Waals surface area contributed by atoms with Crippen molar-refractivity contribution < 1.29 is 13.9 Å². The van der Waals surface area contributed by atoms with Gasteiger partial charge in [0.05, 0.1) is 6.61 Å². The Morgan fingerprint density at radius 2 is 1.88 bits per heavy atom. The van der Waals surface area contributed by atoms with E-state index in [4.69, 9.17) is 20.8 Å². The molecule has 0 saturated carbocycles. The van der Waals surface area contributed by atoms with E-state index in [2.05, 4.69) is 11.9 Å². The number of aryl methyl sites for hydroxylation is 2. The maximum Gasteiger partial charge on any atom is 0.292 e. The van der Waals surface area contributed by atoms with Crippen LogP contribution in [0, 0.1) is 13.8 Å². The Morgan fingerprint density at radius 1 is 1.19 bits per heavy atom. The van der Waals surface area contributed by atoms with Crippen molar-refractivity contribution in [2.75, 3.05) is 33.3 Å². The van der Waals surface area contributed by atoms with Gasteiger partial charge < -0.3 is 19.0 Å². The number of halogens is 2. The highest BCUT2D eigenvalue weighted by molar-refractivity contribution is 6.32. The van der Waals surface area contributed by atoms with Crippen molar-refractivity contribution >= 4 is 40.9 Å². The minimum absolute atomic E-state index is 0. The second-order valence-corrected chi connectivity index (χ2v) is 7.62. The van der Waals surface area contributed by atoms with E-state index in [0.717, 1.165) is 42.4 Å². The van der Waals surface area contributed by atoms with E-state index >= 15 is 0 Å². The lowest BCUT2D eigenvalue weighted by molar-refractivity contribution is -0.103. The van der Waals surface area contributed by atoms with Crippen LogP contribution in [0.4, 0.5) is 0 Å². The van der Waals surface area contributed by atoms with Gasteiger partial charge >= 0.3 is 0 Å². The van der Waals surface area contributed by atoms with E-state index in [1.54, 1.807) is 0 Å². The highest BCUT2D eigenvalue weighted by Crippen LogP contribution is 2.37. The Labute approximate surface area is 164 Å². The molecule has 5 nitrogen and oxygen atoms in total. The van der Waals surface area contributed by atoms with Crippen LogP contribution in [-0.4, -0.2) is 54.7 Å². The highest BCUT2D eigenvalue weighted by Gasteiger charge is 2.47. The molecule has 2 aliphatic rings. The molecule has 2 aromatic rings. The fourth-order valence-corrected chi connectivity index (χ4v) is 4.11. The molecule has 26 heavy (non-hydrogen) atoms. The molecule has 0 aliphatic carbocycles. The smallest absolute Gasteiger partial charge is 0.292 e. The zero-order valence-electron chi connectivity index (χ0n) is 15.3. The maximum absolute atomic E-state index is 13.3. The van der Waals surface area contributed by atoms with Crippen LogP contribution in [0.3, 0.4) is 0 Å². The second-order valence-electron chi connectivity index (χ2n) is 7.21. The van der Waals surface area contributed by atoms with Crippen LogP contribution in [-0.2, 0) is 4.74 Å². The van der Waals surface area contributed by atoms with Crippen molar-refractivity contribution in [2.45, 2.75) is 32.4 Å². The van der Waals surface area contributed by atoms with Gasteiger partial charge in [-0.05, 0) is 38.6 Å². The normalized spacial score (nSPS) is 19.9. The molecular weight excluding hydrogens is 375 g/mol. The first-order valence-electron chi connectivity index (χ1n) is 8.75. The highest BCUT2D eigenvalue weighted by atomic mass is 35.5. The summed E-state index contributed by atoms with van der Waals surface area (Å²) in [7, 11) is 2.10. The number of carbonyl (C=O) groups is 1. The summed E-state index contributed by atoms with van der Waals surface area (Å²) in [5.74, 6) is 0.324. The fourth-order valence-electron chi connectivity index (χ4n) is 3.95. The van der Waals surface area contributed by atoms with Crippen LogP contribution < -0.4 is 0 Å². The van der Waals surface area contributed by atoms with E-state index < -0.39 is 5.72 Å². The van der Waals surface area contributed by atoms with Gasteiger partial charge in [-0.1, -0.05) is 11.6 Å². The van der Waals surface area contributed by atoms with Gasteiger partial charge in [-0.3, -0.25) is 4.79 Å². The van der Waals surface area contributed by atoms with Crippen LogP contribution >= 0.6 is 24.0 Å². The Morgan fingerprint density at radius 3 is 2.58 bits per heavy atom. The van der Waals surface area contributed by atoms with E-state index in [1.807, 2.05) is 30.9 Å². The van der Waals surface area contributed by atoms with Gasteiger partial charge in [0.25, 0.3) is 5.91 Å². The molecule has 1 spiro atoms. The van der Waals surface area contributed by atoms with Gasteiger partial charge in [0.2, 0.25) is 0 Å². The minimum Gasteiger partial charge on any atom is -0.451 e. The maximum atomic E-state index is 13.3. The lowest BCUT2D eigenvalue weighted by atomic mass is 9.98. The molecule has 2 aliphatic heterocycles. The number of rotatable bonds is 1. The summed E-state index contributed by atoms with van der Waals surface area (Å²) in [4.78, 5) is 17.4. The predicted molar refractivity (Wildman–Crippen MR) is 104 cm³/mol. The van der Waals surface area contributed by atoms with Crippen LogP contribution in [0.1, 0.15) is 34.5 Å². The fraction of sp³-hybridized carbons (Fsp3) is 0.526. The number of furan rings is 1. The summed E-state index contributed by atoms with van der Waals surface area (Å²) in [6.45, 7) is 6.90. The van der Waals surface area contributed by atoms with E-state index in [1.165, 1.54) is 0 Å². The average molecular weight is 399 g/mol. The number of hydrogen-bond acceptors (Lipinski definition) is 4. The van der Waals surface area contributed by atoms with E-state index in [-0.39, 0.29) is 18.3 Å². The summed E-state index contributed by atoms with van der Waals surface area (Å²) in [6.07, 6.45) is 1.67. The predicted octanol–water partition coefficient (Wildman–Crippen LogP) is 4.02.